The zero-order chi connectivity index (χ0) is 12.0. The Morgan fingerprint density at radius 2 is 1.81 bits per heavy atom. The molecule has 0 aromatic heterocycles. The van der Waals surface area contributed by atoms with E-state index in [1.807, 2.05) is 0 Å². The molecular formula is C14H27NO. The molecule has 1 rings (SSSR count). The predicted octanol–water partition coefficient (Wildman–Crippen LogP) is 3.26. The van der Waals surface area contributed by atoms with Crippen molar-refractivity contribution in [1.82, 2.24) is 4.90 Å². The first-order valence-electron chi connectivity index (χ1n) is 6.93. The van der Waals surface area contributed by atoms with Gasteiger partial charge in [-0.05, 0) is 52.1 Å². The lowest BCUT2D eigenvalue weighted by Gasteiger charge is -2.36. The molecule has 2 nitrogen and oxygen atoms in total. The molecule has 16 heavy (non-hydrogen) atoms. The topological polar surface area (TPSA) is 20.3 Å². The van der Waals surface area contributed by atoms with E-state index in [9.17, 15) is 4.79 Å². The molecule has 0 saturated heterocycles. The molecule has 0 amide bonds. The molecule has 1 saturated carbocycles. The van der Waals surface area contributed by atoms with E-state index in [0.29, 0.717) is 17.7 Å². The van der Waals surface area contributed by atoms with Gasteiger partial charge in [0, 0.05) is 12.0 Å². The van der Waals surface area contributed by atoms with Gasteiger partial charge in [-0.1, -0.05) is 20.3 Å². The average Bonchev–Trinajstić information content (AvgIpc) is 2.29. The molecule has 0 radical (unpaired) electrons. The van der Waals surface area contributed by atoms with Crippen LogP contribution >= 0.6 is 0 Å². The predicted molar refractivity (Wildman–Crippen MR) is 68.6 cm³/mol. The molecule has 0 aliphatic heterocycles. The minimum Gasteiger partial charge on any atom is -0.300 e. The molecule has 0 spiro atoms. The summed E-state index contributed by atoms with van der Waals surface area (Å²) in [4.78, 5) is 14.1. The van der Waals surface area contributed by atoms with E-state index in [2.05, 4.69) is 18.7 Å². The Morgan fingerprint density at radius 1 is 1.19 bits per heavy atom. The number of carbonyl (C=O) groups is 1. The number of rotatable bonds is 6. The fourth-order valence-corrected chi connectivity index (χ4v) is 2.92. The molecule has 0 aromatic carbocycles. The Hall–Kier alpha value is -0.370. The summed E-state index contributed by atoms with van der Waals surface area (Å²) in [6, 6.07) is 0.669. The molecular weight excluding hydrogens is 198 g/mol. The van der Waals surface area contributed by atoms with Crippen molar-refractivity contribution in [3.05, 3.63) is 0 Å². The van der Waals surface area contributed by atoms with Crippen LogP contribution in [0.5, 0.6) is 0 Å². The Labute approximate surface area is 100 Å². The van der Waals surface area contributed by atoms with Gasteiger partial charge in [0.05, 0.1) is 0 Å². The van der Waals surface area contributed by atoms with Gasteiger partial charge in [0.1, 0.15) is 5.78 Å². The quantitative estimate of drug-likeness (QED) is 0.691. The molecule has 1 aliphatic rings. The highest BCUT2D eigenvalue weighted by molar-refractivity contribution is 5.78. The second-order valence-electron chi connectivity index (χ2n) is 5.16. The first kappa shape index (κ1) is 13.7. The third-order valence-corrected chi connectivity index (χ3v) is 3.76. The SMILES string of the molecule is CCCN(CCC)[C@H]1CCCC(C(C)=O)C1. The van der Waals surface area contributed by atoms with E-state index in [-0.39, 0.29) is 0 Å². The summed E-state index contributed by atoms with van der Waals surface area (Å²) in [7, 11) is 0. The van der Waals surface area contributed by atoms with Crippen molar-refractivity contribution in [2.45, 2.75) is 65.3 Å². The van der Waals surface area contributed by atoms with Gasteiger partial charge in [0.25, 0.3) is 0 Å². The van der Waals surface area contributed by atoms with Crippen LogP contribution in [0, 0.1) is 5.92 Å². The monoisotopic (exact) mass is 225 g/mol. The molecule has 0 bridgehead atoms. The smallest absolute Gasteiger partial charge is 0.132 e. The molecule has 2 heteroatoms. The molecule has 0 aromatic rings. The normalized spacial score (nSPS) is 26.0. The van der Waals surface area contributed by atoms with Crippen LogP contribution in [0.3, 0.4) is 0 Å². The Morgan fingerprint density at radius 3 is 2.31 bits per heavy atom. The third kappa shape index (κ3) is 3.89. The van der Waals surface area contributed by atoms with Crippen molar-refractivity contribution >= 4 is 5.78 Å². The van der Waals surface area contributed by atoms with Crippen LogP contribution in [0.1, 0.15) is 59.3 Å². The Balaban J connectivity index is 2.51. The molecule has 0 heterocycles. The van der Waals surface area contributed by atoms with Crippen molar-refractivity contribution in [3.8, 4) is 0 Å². The second-order valence-corrected chi connectivity index (χ2v) is 5.16. The molecule has 1 unspecified atom stereocenters. The number of hydrogen-bond acceptors (Lipinski definition) is 2. The van der Waals surface area contributed by atoms with Crippen LogP contribution in [0.4, 0.5) is 0 Å². The van der Waals surface area contributed by atoms with E-state index in [1.165, 1.54) is 38.8 Å². The Bertz CT molecular complexity index is 209. The fraction of sp³-hybridized carbons (Fsp3) is 0.929. The number of carbonyl (C=O) groups excluding carboxylic acids is 1. The van der Waals surface area contributed by atoms with E-state index < -0.39 is 0 Å². The third-order valence-electron chi connectivity index (χ3n) is 3.76. The van der Waals surface area contributed by atoms with E-state index in [1.54, 1.807) is 6.92 Å². The number of Topliss-reactive ketones (excluding diaryl/α,β-unsaturated/α-hetero) is 1. The van der Waals surface area contributed by atoms with Gasteiger partial charge in [-0.3, -0.25) is 4.79 Å². The molecule has 1 fully saturated rings. The fourth-order valence-electron chi connectivity index (χ4n) is 2.92. The summed E-state index contributed by atoms with van der Waals surface area (Å²) in [5.41, 5.74) is 0. The van der Waals surface area contributed by atoms with Crippen LogP contribution in [0.2, 0.25) is 0 Å². The average molecular weight is 225 g/mol. The van der Waals surface area contributed by atoms with Crippen LogP contribution in [-0.2, 0) is 4.79 Å². The number of hydrogen-bond donors (Lipinski definition) is 0. The number of ketones is 1. The van der Waals surface area contributed by atoms with Crippen molar-refractivity contribution in [2.24, 2.45) is 5.92 Å². The standard InChI is InChI=1S/C14H27NO/c1-4-9-15(10-5-2)14-8-6-7-13(11-14)12(3)16/h13-14H,4-11H2,1-3H3/t13?,14-/m0/s1. The van der Waals surface area contributed by atoms with Crippen LogP contribution in [0.15, 0.2) is 0 Å². The summed E-state index contributed by atoms with van der Waals surface area (Å²) in [6.07, 6.45) is 7.21. The van der Waals surface area contributed by atoms with Gasteiger partial charge in [-0.25, -0.2) is 0 Å². The lowest BCUT2D eigenvalue weighted by atomic mass is 9.82. The summed E-state index contributed by atoms with van der Waals surface area (Å²) in [6.45, 7) is 8.64. The summed E-state index contributed by atoms with van der Waals surface area (Å²) >= 11 is 0. The van der Waals surface area contributed by atoms with Crippen LogP contribution in [-0.4, -0.2) is 29.8 Å². The summed E-state index contributed by atoms with van der Waals surface area (Å²) in [5, 5.41) is 0. The van der Waals surface area contributed by atoms with Gasteiger partial charge in [0.15, 0.2) is 0 Å². The maximum atomic E-state index is 11.5. The van der Waals surface area contributed by atoms with E-state index >= 15 is 0 Å². The van der Waals surface area contributed by atoms with Crippen LogP contribution in [0.25, 0.3) is 0 Å². The summed E-state index contributed by atoms with van der Waals surface area (Å²) in [5.74, 6) is 0.743. The first-order valence-corrected chi connectivity index (χ1v) is 6.93. The van der Waals surface area contributed by atoms with Crippen molar-refractivity contribution in [2.75, 3.05) is 13.1 Å². The van der Waals surface area contributed by atoms with Crippen molar-refractivity contribution < 1.29 is 4.79 Å². The molecule has 94 valence electrons. The van der Waals surface area contributed by atoms with Gasteiger partial charge < -0.3 is 4.90 Å². The van der Waals surface area contributed by atoms with Gasteiger partial charge in [-0.2, -0.15) is 0 Å². The van der Waals surface area contributed by atoms with Gasteiger partial charge in [0.2, 0.25) is 0 Å². The lowest BCUT2D eigenvalue weighted by molar-refractivity contribution is -0.122. The highest BCUT2D eigenvalue weighted by Gasteiger charge is 2.27. The molecule has 0 N–H and O–H groups in total. The highest BCUT2D eigenvalue weighted by atomic mass is 16.1. The highest BCUT2D eigenvalue weighted by Crippen LogP contribution is 2.28. The minimum atomic E-state index is 0.343. The van der Waals surface area contributed by atoms with Gasteiger partial charge >= 0.3 is 0 Å². The lowest BCUT2D eigenvalue weighted by Crippen LogP contribution is -2.40. The zero-order valence-corrected chi connectivity index (χ0v) is 11.2. The summed E-state index contributed by atoms with van der Waals surface area (Å²) < 4.78 is 0. The minimum absolute atomic E-state index is 0.343. The van der Waals surface area contributed by atoms with Crippen LogP contribution < -0.4 is 0 Å². The first-order chi connectivity index (χ1) is 7.69. The second kappa shape index (κ2) is 7.05. The largest absolute Gasteiger partial charge is 0.300 e. The van der Waals surface area contributed by atoms with E-state index in [0.717, 1.165) is 12.8 Å². The molecule has 1 aliphatic carbocycles. The van der Waals surface area contributed by atoms with Crippen molar-refractivity contribution in [1.29, 1.82) is 0 Å². The van der Waals surface area contributed by atoms with Gasteiger partial charge in [-0.15, -0.1) is 0 Å². The maximum Gasteiger partial charge on any atom is 0.132 e. The van der Waals surface area contributed by atoms with Crippen molar-refractivity contribution in [3.63, 3.8) is 0 Å². The van der Waals surface area contributed by atoms with E-state index in [4.69, 9.17) is 0 Å². The number of nitrogens with zero attached hydrogens (tertiary/aromatic N) is 1. The Kier molecular flexibility index (Phi) is 6.04. The molecule has 2 atom stereocenters. The maximum absolute atomic E-state index is 11.5. The zero-order valence-electron chi connectivity index (χ0n) is 11.2.